The van der Waals surface area contributed by atoms with Crippen LogP contribution < -0.4 is 15.2 Å². The molecule has 0 fully saturated rings. The normalized spacial score (nSPS) is 11.0. The Hall–Kier alpha value is -4.73. The first-order chi connectivity index (χ1) is 18.6. The third-order valence-electron chi connectivity index (χ3n) is 6.47. The summed E-state index contributed by atoms with van der Waals surface area (Å²) >= 11 is 0. The Kier molecular flexibility index (Phi) is 7.30. The standard InChI is InChI=1S/C28H29N7O3/c1-4-5-8-21-18-35(26-23(37-2)10-6-11-24(26)38-3)28(36)34(21)17-19-12-14-20(15-13-19)25-22(9-7-16-29-25)27-30-32-33-31-27/h6-7,9-16,18H,4-5,8,17H2,1-3H3,(H,30,31,32,33). The van der Waals surface area contributed by atoms with E-state index in [1.165, 1.54) is 0 Å². The van der Waals surface area contributed by atoms with Crippen LogP contribution in [0.5, 0.6) is 11.5 Å². The van der Waals surface area contributed by atoms with E-state index < -0.39 is 0 Å². The number of aromatic amines is 1. The van der Waals surface area contributed by atoms with E-state index in [-0.39, 0.29) is 5.69 Å². The molecule has 0 saturated carbocycles. The van der Waals surface area contributed by atoms with Crippen molar-refractivity contribution in [3.8, 4) is 39.8 Å². The van der Waals surface area contributed by atoms with Gasteiger partial charge in [-0.05, 0) is 53.1 Å². The first kappa shape index (κ1) is 24.9. The molecular formula is C28H29N7O3. The van der Waals surface area contributed by atoms with Gasteiger partial charge in [0.25, 0.3) is 0 Å². The number of nitrogens with one attached hydrogen (secondary N) is 1. The van der Waals surface area contributed by atoms with Gasteiger partial charge < -0.3 is 9.47 Å². The summed E-state index contributed by atoms with van der Waals surface area (Å²) in [5.74, 6) is 1.70. The Morgan fingerprint density at radius 1 is 0.974 bits per heavy atom. The molecule has 10 nitrogen and oxygen atoms in total. The van der Waals surface area contributed by atoms with Gasteiger partial charge in [-0.25, -0.2) is 9.89 Å². The number of benzene rings is 2. The second kappa shape index (κ2) is 11.1. The second-order valence-corrected chi connectivity index (χ2v) is 8.82. The van der Waals surface area contributed by atoms with Gasteiger partial charge in [-0.1, -0.05) is 43.7 Å². The third-order valence-corrected chi connectivity index (χ3v) is 6.47. The molecule has 5 aromatic rings. The highest BCUT2D eigenvalue weighted by Gasteiger charge is 2.19. The number of pyridine rings is 1. The van der Waals surface area contributed by atoms with Gasteiger partial charge in [0, 0.05) is 29.2 Å². The molecule has 0 aliphatic carbocycles. The Morgan fingerprint density at radius 2 is 1.74 bits per heavy atom. The second-order valence-electron chi connectivity index (χ2n) is 8.82. The summed E-state index contributed by atoms with van der Waals surface area (Å²) in [5, 5.41) is 14.2. The SMILES string of the molecule is CCCCc1cn(-c2c(OC)cccc2OC)c(=O)n1Cc1ccc(-c2ncccc2-c2nnn[nH]2)cc1. The number of imidazole rings is 1. The molecule has 5 rings (SSSR count). The largest absolute Gasteiger partial charge is 0.494 e. The summed E-state index contributed by atoms with van der Waals surface area (Å²) in [6, 6.07) is 17.3. The Morgan fingerprint density at radius 3 is 2.39 bits per heavy atom. The van der Waals surface area contributed by atoms with Gasteiger partial charge in [-0.2, -0.15) is 0 Å². The van der Waals surface area contributed by atoms with E-state index in [9.17, 15) is 4.79 Å². The maximum Gasteiger partial charge on any atom is 0.333 e. The van der Waals surface area contributed by atoms with E-state index in [0.717, 1.165) is 47.3 Å². The van der Waals surface area contributed by atoms with Crippen LogP contribution in [0.1, 0.15) is 31.0 Å². The molecule has 0 saturated heterocycles. The fraction of sp³-hybridized carbons (Fsp3) is 0.250. The highest BCUT2D eigenvalue weighted by Crippen LogP contribution is 2.32. The zero-order chi connectivity index (χ0) is 26.5. The molecule has 10 heteroatoms. The maximum absolute atomic E-state index is 13.7. The van der Waals surface area contributed by atoms with Crippen LogP contribution in [0, 0.1) is 0 Å². The lowest BCUT2D eigenvalue weighted by atomic mass is 10.0. The molecule has 3 aromatic heterocycles. The summed E-state index contributed by atoms with van der Waals surface area (Å²) in [6.45, 7) is 2.58. The van der Waals surface area contributed by atoms with Crippen molar-refractivity contribution >= 4 is 0 Å². The van der Waals surface area contributed by atoms with E-state index in [0.29, 0.717) is 29.6 Å². The molecule has 1 N–H and O–H groups in total. The number of hydrogen-bond donors (Lipinski definition) is 1. The molecule has 0 spiro atoms. The first-order valence-electron chi connectivity index (χ1n) is 12.5. The molecular weight excluding hydrogens is 482 g/mol. The predicted octanol–water partition coefficient (Wildman–Crippen LogP) is 4.29. The predicted molar refractivity (Wildman–Crippen MR) is 144 cm³/mol. The molecule has 2 aromatic carbocycles. The summed E-state index contributed by atoms with van der Waals surface area (Å²) < 4.78 is 14.6. The molecule has 0 aliphatic rings. The van der Waals surface area contributed by atoms with Gasteiger partial charge in [0.15, 0.2) is 5.82 Å². The molecule has 0 bridgehead atoms. The van der Waals surface area contributed by atoms with Crippen LogP contribution in [-0.2, 0) is 13.0 Å². The van der Waals surface area contributed by atoms with Crippen molar-refractivity contribution in [3.05, 3.63) is 88.7 Å². The van der Waals surface area contributed by atoms with Crippen molar-refractivity contribution < 1.29 is 9.47 Å². The van der Waals surface area contributed by atoms with Crippen LogP contribution in [0.2, 0.25) is 0 Å². The van der Waals surface area contributed by atoms with Crippen molar-refractivity contribution in [2.24, 2.45) is 0 Å². The fourth-order valence-electron chi connectivity index (χ4n) is 4.53. The highest BCUT2D eigenvalue weighted by atomic mass is 16.5. The third kappa shape index (κ3) is 4.80. The molecule has 194 valence electrons. The smallest absolute Gasteiger partial charge is 0.333 e. The van der Waals surface area contributed by atoms with Gasteiger partial charge in [0.2, 0.25) is 0 Å². The van der Waals surface area contributed by atoms with Gasteiger partial charge in [-0.3, -0.25) is 14.1 Å². The number of tetrazole rings is 1. The minimum absolute atomic E-state index is 0.146. The first-order valence-corrected chi connectivity index (χ1v) is 12.5. The molecule has 0 aliphatic heterocycles. The fourth-order valence-corrected chi connectivity index (χ4v) is 4.53. The van der Waals surface area contributed by atoms with Crippen molar-refractivity contribution in [3.63, 3.8) is 0 Å². The molecule has 38 heavy (non-hydrogen) atoms. The number of H-pyrrole nitrogens is 1. The highest BCUT2D eigenvalue weighted by molar-refractivity contribution is 5.76. The van der Waals surface area contributed by atoms with Crippen LogP contribution >= 0.6 is 0 Å². The van der Waals surface area contributed by atoms with E-state index >= 15 is 0 Å². The minimum Gasteiger partial charge on any atom is -0.494 e. The summed E-state index contributed by atoms with van der Waals surface area (Å²) in [7, 11) is 3.18. The van der Waals surface area contributed by atoms with Crippen LogP contribution in [-0.4, -0.2) is 49.0 Å². The van der Waals surface area contributed by atoms with Crippen LogP contribution in [0.3, 0.4) is 0 Å². The van der Waals surface area contributed by atoms with Crippen molar-refractivity contribution in [1.29, 1.82) is 0 Å². The zero-order valence-electron chi connectivity index (χ0n) is 21.6. The number of aromatic nitrogens is 7. The molecule has 0 amide bonds. The van der Waals surface area contributed by atoms with Crippen LogP contribution in [0.25, 0.3) is 28.3 Å². The van der Waals surface area contributed by atoms with Gasteiger partial charge in [0.1, 0.15) is 17.2 Å². The van der Waals surface area contributed by atoms with Gasteiger partial charge in [-0.15, -0.1) is 5.10 Å². The number of unbranched alkanes of at least 4 members (excludes halogenated alkanes) is 1. The Labute approximate surface area is 219 Å². The van der Waals surface area contributed by atoms with Gasteiger partial charge >= 0.3 is 5.69 Å². The van der Waals surface area contributed by atoms with E-state index in [4.69, 9.17) is 9.47 Å². The van der Waals surface area contributed by atoms with E-state index in [1.54, 1.807) is 25.0 Å². The number of ether oxygens (including phenoxy) is 2. The topological polar surface area (TPSA) is 113 Å². The van der Waals surface area contributed by atoms with Crippen molar-refractivity contribution in [1.82, 2.24) is 34.7 Å². The van der Waals surface area contributed by atoms with E-state index in [1.807, 2.05) is 65.4 Å². The number of rotatable bonds is 10. The molecule has 3 heterocycles. The summed E-state index contributed by atoms with van der Waals surface area (Å²) in [6.07, 6.45) is 6.43. The monoisotopic (exact) mass is 511 g/mol. The minimum atomic E-state index is -0.146. The number of nitrogens with zero attached hydrogens (tertiary/aromatic N) is 6. The quantitative estimate of drug-likeness (QED) is 0.298. The Balaban J connectivity index is 1.51. The number of para-hydroxylation sites is 1. The maximum atomic E-state index is 13.7. The summed E-state index contributed by atoms with van der Waals surface area (Å²) in [4.78, 5) is 18.3. The number of hydrogen-bond acceptors (Lipinski definition) is 7. The average Bonchev–Trinajstić information content (AvgIpc) is 3.61. The molecule has 0 atom stereocenters. The molecule has 0 radical (unpaired) electrons. The Bertz CT molecular complexity index is 1550. The van der Waals surface area contributed by atoms with Gasteiger partial charge in [0.05, 0.1) is 26.5 Å². The lowest BCUT2D eigenvalue weighted by Crippen LogP contribution is -2.25. The van der Waals surface area contributed by atoms with Crippen LogP contribution in [0.4, 0.5) is 0 Å². The van der Waals surface area contributed by atoms with Crippen molar-refractivity contribution in [2.45, 2.75) is 32.7 Å². The molecule has 0 unspecified atom stereocenters. The lowest BCUT2D eigenvalue weighted by molar-refractivity contribution is 0.390. The number of aryl methyl sites for hydroxylation is 1. The van der Waals surface area contributed by atoms with E-state index in [2.05, 4.69) is 32.5 Å². The average molecular weight is 512 g/mol. The van der Waals surface area contributed by atoms with Crippen molar-refractivity contribution in [2.75, 3.05) is 14.2 Å². The lowest BCUT2D eigenvalue weighted by Gasteiger charge is -2.12. The summed E-state index contributed by atoms with van der Waals surface area (Å²) in [5.41, 5.74) is 4.91. The van der Waals surface area contributed by atoms with Crippen LogP contribution in [0.15, 0.2) is 71.8 Å². The number of methoxy groups -OCH3 is 2. The zero-order valence-corrected chi connectivity index (χ0v) is 21.6.